The number of carbonyl (C=O) groups excluding carboxylic acids is 1. The smallest absolute Gasteiger partial charge is 0.254 e. The van der Waals surface area contributed by atoms with Gasteiger partial charge in [-0.25, -0.2) is 0 Å². The van der Waals surface area contributed by atoms with E-state index in [-0.39, 0.29) is 11.9 Å². The van der Waals surface area contributed by atoms with Crippen LogP contribution < -0.4 is 18.9 Å². The number of hydrogen-bond donors (Lipinski definition) is 0. The van der Waals surface area contributed by atoms with Crippen molar-refractivity contribution in [3.63, 3.8) is 0 Å². The highest BCUT2D eigenvalue weighted by atomic mass is 16.5. The van der Waals surface area contributed by atoms with E-state index >= 15 is 0 Å². The van der Waals surface area contributed by atoms with Crippen LogP contribution >= 0.6 is 0 Å². The van der Waals surface area contributed by atoms with Gasteiger partial charge in [0.05, 0.1) is 27.9 Å². The SMILES string of the molecule is CCCCOc1ccc(C(=O)N(Cc2ccc(OC)cc2OC)C2CC2)cc1OC. The molecule has 2 aromatic carbocycles. The molecule has 0 atom stereocenters. The summed E-state index contributed by atoms with van der Waals surface area (Å²) in [5.41, 5.74) is 1.54. The Morgan fingerprint density at radius 2 is 1.73 bits per heavy atom. The Labute approximate surface area is 178 Å². The van der Waals surface area contributed by atoms with Crippen molar-refractivity contribution in [2.45, 2.75) is 45.2 Å². The van der Waals surface area contributed by atoms with Gasteiger partial charge in [0.15, 0.2) is 11.5 Å². The van der Waals surface area contributed by atoms with E-state index in [4.69, 9.17) is 18.9 Å². The zero-order valence-electron chi connectivity index (χ0n) is 18.3. The van der Waals surface area contributed by atoms with Crippen LogP contribution in [0.15, 0.2) is 36.4 Å². The number of ether oxygens (including phenoxy) is 4. The molecule has 1 aliphatic carbocycles. The Kier molecular flexibility index (Phi) is 7.44. The van der Waals surface area contributed by atoms with Crippen molar-refractivity contribution < 1.29 is 23.7 Å². The van der Waals surface area contributed by atoms with Crippen LogP contribution in [0.25, 0.3) is 0 Å². The van der Waals surface area contributed by atoms with Crippen molar-refractivity contribution >= 4 is 5.91 Å². The monoisotopic (exact) mass is 413 g/mol. The molecule has 0 bridgehead atoms. The molecule has 6 nitrogen and oxygen atoms in total. The molecule has 1 aliphatic rings. The molecule has 6 heteroatoms. The number of hydrogen-bond acceptors (Lipinski definition) is 5. The molecule has 1 saturated carbocycles. The lowest BCUT2D eigenvalue weighted by Gasteiger charge is -2.24. The minimum atomic E-state index is -0.0196. The third-order valence-corrected chi connectivity index (χ3v) is 5.25. The predicted molar refractivity (Wildman–Crippen MR) is 116 cm³/mol. The third-order valence-electron chi connectivity index (χ3n) is 5.25. The first-order valence-corrected chi connectivity index (χ1v) is 10.4. The Hall–Kier alpha value is -2.89. The number of unbranched alkanes of at least 4 members (excludes halogenated alkanes) is 1. The summed E-state index contributed by atoms with van der Waals surface area (Å²) in [6, 6.07) is 11.3. The maximum atomic E-state index is 13.4. The van der Waals surface area contributed by atoms with Crippen LogP contribution in [0.2, 0.25) is 0 Å². The summed E-state index contributed by atoms with van der Waals surface area (Å²) in [5, 5.41) is 0. The van der Waals surface area contributed by atoms with Gasteiger partial charge in [-0.1, -0.05) is 13.3 Å². The van der Waals surface area contributed by atoms with E-state index in [0.717, 1.165) is 37.0 Å². The summed E-state index contributed by atoms with van der Waals surface area (Å²) in [6.07, 6.45) is 4.06. The van der Waals surface area contributed by atoms with Gasteiger partial charge < -0.3 is 23.8 Å². The normalized spacial score (nSPS) is 12.9. The molecule has 0 heterocycles. The van der Waals surface area contributed by atoms with Gasteiger partial charge >= 0.3 is 0 Å². The zero-order valence-corrected chi connectivity index (χ0v) is 18.3. The van der Waals surface area contributed by atoms with E-state index in [1.54, 1.807) is 27.4 Å². The van der Waals surface area contributed by atoms with E-state index in [9.17, 15) is 4.79 Å². The number of nitrogens with zero attached hydrogens (tertiary/aromatic N) is 1. The third kappa shape index (κ3) is 5.17. The van der Waals surface area contributed by atoms with Crippen molar-refractivity contribution in [3.05, 3.63) is 47.5 Å². The fraction of sp³-hybridized carbons (Fsp3) is 0.458. The average molecular weight is 414 g/mol. The van der Waals surface area contributed by atoms with Crippen molar-refractivity contribution in [2.24, 2.45) is 0 Å². The van der Waals surface area contributed by atoms with Gasteiger partial charge in [0.2, 0.25) is 0 Å². The summed E-state index contributed by atoms with van der Waals surface area (Å²) in [6.45, 7) is 3.23. The van der Waals surface area contributed by atoms with Crippen LogP contribution in [0.5, 0.6) is 23.0 Å². The highest BCUT2D eigenvalue weighted by molar-refractivity contribution is 5.95. The molecular formula is C24H31NO5. The molecule has 0 radical (unpaired) electrons. The average Bonchev–Trinajstić information content (AvgIpc) is 3.62. The first-order valence-electron chi connectivity index (χ1n) is 10.4. The van der Waals surface area contributed by atoms with Gasteiger partial charge in [-0.3, -0.25) is 4.79 Å². The zero-order chi connectivity index (χ0) is 21.5. The number of methoxy groups -OCH3 is 3. The summed E-state index contributed by atoms with van der Waals surface area (Å²) < 4.78 is 22.1. The quantitative estimate of drug-likeness (QED) is 0.500. The highest BCUT2D eigenvalue weighted by Crippen LogP contribution is 2.34. The van der Waals surface area contributed by atoms with E-state index in [1.807, 2.05) is 35.2 Å². The summed E-state index contributed by atoms with van der Waals surface area (Å²) >= 11 is 0. The van der Waals surface area contributed by atoms with Crippen molar-refractivity contribution in [1.29, 1.82) is 0 Å². The minimum Gasteiger partial charge on any atom is -0.497 e. The van der Waals surface area contributed by atoms with Crippen LogP contribution in [0.4, 0.5) is 0 Å². The van der Waals surface area contributed by atoms with Crippen LogP contribution in [0, 0.1) is 0 Å². The number of carbonyl (C=O) groups is 1. The number of benzene rings is 2. The lowest BCUT2D eigenvalue weighted by molar-refractivity contribution is 0.0728. The predicted octanol–water partition coefficient (Wildman–Crippen LogP) is 4.70. The lowest BCUT2D eigenvalue weighted by Crippen LogP contribution is -2.32. The Balaban J connectivity index is 1.81. The van der Waals surface area contributed by atoms with Crippen LogP contribution in [0.3, 0.4) is 0 Å². The van der Waals surface area contributed by atoms with E-state index in [0.29, 0.717) is 36.0 Å². The molecule has 1 fully saturated rings. The molecule has 0 N–H and O–H groups in total. The maximum Gasteiger partial charge on any atom is 0.254 e. The van der Waals surface area contributed by atoms with Crippen LogP contribution in [-0.2, 0) is 6.54 Å². The molecule has 3 rings (SSSR count). The molecule has 0 aromatic heterocycles. The standard InChI is InChI=1S/C24H31NO5/c1-5-6-13-30-21-12-8-17(14-23(21)29-4)24(26)25(19-9-10-19)16-18-7-11-20(27-2)15-22(18)28-3/h7-8,11-12,14-15,19H,5-6,9-10,13,16H2,1-4H3. The summed E-state index contributed by atoms with van der Waals surface area (Å²) in [7, 11) is 4.85. The molecule has 0 spiro atoms. The Bertz CT molecular complexity index is 863. The maximum absolute atomic E-state index is 13.4. The van der Waals surface area contributed by atoms with E-state index < -0.39 is 0 Å². The van der Waals surface area contributed by atoms with Crippen LogP contribution in [0.1, 0.15) is 48.5 Å². The fourth-order valence-corrected chi connectivity index (χ4v) is 3.33. The summed E-state index contributed by atoms with van der Waals surface area (Å²) in [5.74, 6) is 2.66. The largest absolute Gasteiger partial charge is 0.497 e. The van der Waals surface area contributed by atoms with Gasteiger partial charge in [-0.2, -0.15) is 0 Å². The molecule has 1 amide bonds. The van der Waals surface area contributed by atoms with Gasteiger partial charge in [-0.05, 0) is 49.6 Å². The Morgan fingerprint density at radius 1 is 0.967 bits per heavy atom. The fourth-order valence-electron chi connectivity index (χ4n) is 3.33. The molecule has 30 heavy (non-hydrogen) atoms. The number of amides is 1. The van der Waals surface area contributed by atoms with Crippen molar-refractivity contribution in [3.8, 4) is 23.0 Å². The topological polar surface area (TPSA) is 57.2 Å². The molecule has 0 unspecified atom stereocenters. The second-order valence-electron chi connectivity index (χ2n) is 7.41. The lowest BCUT2D eigenvalue weighted by atomic mass is 10.1. The Morgan fingerprint density at radius 3 is 2.37 bits per heavy atom. The van der Waals surface area contributed by atoms with E-state index in [1.165, 1.54) is 0 Å². The van der Waals surface area contributed by atoms with Gasteiger partial charge in [0, 0.05) is 29.8 Å². The first kappa shape index (κ1) is 21.8. The molecule has 162 valence electrons. The molecule has 0 saturated heterocycles. The molecule has 2 aromatic rings. The molecular weight excluding hydrogens is 382 g/mol. The highest BCUT2D eigenvalue weighted by Gasteiger charge is 2.34. The van der Waals surface area contributed by atoms with E-state index in [2.05, 4.69) is 6.92 Å². The first-order chi connectivity index (χ1) is 14.6. The van der Waals surface area contributed by atoms with Crippen molar-refractivity contribution in [2.75, 3.05) is 27.9 Å². The minimum absolute atomic E-state index is 0.0196. The van der Waals surface area contributed by atoms with Gasteiger partial charge in [-0.15, -0.1) is 0 Å². The summed E-state index contributed by atoms with van der Waals surface area (Å²) in [4.78, 5) is 15.3. The van der Waals surface area contributed by atoms with Crippen molar-refractivity contribution in [1.82, 2.24) is 4.90 Å². The van der Waals surface area contributed by atoms with Crippen LogP contribution in [-0.4, -0.2) is 44.8 Å². The molecule has 0 aliphatic heterocycles. The van der Waals surface area contributed by atoms with Gasteiger partial charge in [0.25, 0.3) is 5.91 Å². The second kappa shape index (κ2) is 10.2. The second-order valence-corrected chi connectivity index (χ2v) is 7.41. The number of rotatable bonds is 11. The van der Waals surface area contributed by atoms with Gasteiger partial charge in [0.1, 0.15) is 11.5 Å².